The van der Waals surface area contributed by atoms with Crippen LogP contribution in [0.1, 0.15) is 27.2 Å². The molecule has 0 spiro atoms. The monoisotopic (exact) mass is 366 g/mol. The van der Waals surface area contributed by atoms with Crippen molar-refractivity contribution in [3.8, 4) is 0 Å². The highest BCUT2D eigenvalue weighted by molar-refractivity contribution is 6.31. The van der Waals surface area contributed by atoms with Crippen molar-refractivity contribution in [3.05, 3.63) is 76.1 Å². The van der Waals surface area contributed by atoms with E-state index in [2.05, 4.69) is 20.6 Å². The summed E-state index contributed by atoms with van der Waals surface area (Å²) in [5, 5.41) is 6.64. The summed E-state index contributed by atoms with van der Waals surface area (Å²) in [5.41, 5.74) is 4.88. The number of aromatic nitrogens is 2. The van der Waals surface area contributed by atoms with Gasteiger partial charge in [-0.15, -0.1) is 0 Å². The molecule has 0 saturated carbocycles. The van der Waals surface area contributed by atoms with E-state index in [1.807, 2.05) is 57.2 Å². The lowest BCUT2D eigenvalue weighted by Gasteiger charge is -2.11. The molecule has 0 aliphatic carbocycles. The van der Waals surface area contributed by atoms with Gasteiger partial charge in [0.1, 0.15) is 5.69 Å². The van der Waals surface area contributed by atoms with Crippen LogP contribution in [0.25, 0.3) is 0 Å². The molecule has 1 amide bonds. The van der Waals surface area contributed by atoms with E-state index in [9.17, 15) is 4.79 Å². The Labute approximate surface area is 157 Å². The second kappa shape index (κ2) is 7.54. The quantitative estimate of drug-likeness (QED) is 0.678. The van der Waals surface area contributed by atoms with E-state index < -0.39 is 0 Å². The van der Waals surface area contributed by atoms with E-state index in [1.54, 1.807) is 12.3 Å². The zero-order valence-corrected chi connectivity index (χ0v) is 15.6. The van der Waals surface area contributed by atoms with Crippen molar-refractivity contribution in [1.29, 1.82) is 0 Å². The molecule has 0 radical (unpaired) electrons. The van der Waals surface area contributed by atoms with Gasteiger partial charge < -0.3 is 10.6 Å². The number of carbonyl (C=O) groups is 1. The molecular formula is C20H19ClN4O. The van der Waals surface area contributed by atoms with Gasteiger partial charge in [0.2, 0.25) is 5.95 Å². The highest BCUT2D eigenvalue weighted by Crippen LogP contribution is 2.25. The summed E-state index contributed by atoms with van der Waals surface area (Å²) in [6, 6.07) is 13.0. The molecule has 2 aromatic carbocycles. The van der Waals surface area contributed by atoms with Gasteiger partial charge in [0.25, 0.3) is 5.91 Å². The first-order valence-corrected chi connectivity index (χ1v) is 8.55. The van der Waals surface area contributed by atoms with Crippen molar-refractivity contribution in [2.45, 2.75) is 20.8 Å². The average molecular weight is 367 g/mol. The van der Waals surface area contributed by atoms with Gasteiger partial charge in [-0.2, -0.15) is 0 Å². The summed E-state index contributed by atoms with van der Waals surface area (Å²) in [4.78, 5) is 21.0. The Morgan fingerprint density at radius 2 is 1.85 bits per heavy atom. The van der Waals surface area contributed by atoms with Gasteiger partial charge in [-0.25, -0.2) is 9.97 Å². The molecule has 0 bridgehead atoms. The van der Waals surface area contributed by atoms with Crippen LogP contribution in [0.2, 0.25) is 5.02 Å². The summed E-state index contributed by atoms with van der Waals surface area (Å²) in [6.45, 7) is 5.87. The first kappa shape index (κ1) is 17.9. The molecule has 2 N–H and O–H groups in total. The fourth-order valence-corrected chi connectivity index (χ4v) is 2.72. The number of halogens is 1. The largest absolute Gasteiger partial charge is 0.324 e. The number of nitrogens with one attached hydrogen (secondary N) is 2. The van der Waals surface area contributed by atoms with Crippen molar-refractivity contribution < 1.29 is 4.79 Å². The third-order valence-corrected chi connectivity index (χ3v) is 4.44. The number of rotatable bonds is 4. The highest BCUT2D eigenvalue weighted by Gasteiger charge is 2.11. The van der Waals surface area contributed by atoms with Gasteiger partial charge in [-0.05, 0) is 56.2 Å². The molecule has 0 atom stereocenters. The summed E-state index contributed by atoms with van der Waals surface area (Å²) in [6.07, 6.45) is 1.55. The minimum absolute atomic E-state index is 0.280. The lowest BCUT2D eigenvalue weighted by molar-refractivity contribution is 0.102. The highest BCUT2D eigenvalue weighted by atomic mass is 35.5. The number of carbonyl (C=O) groups excluding carboxylic acids is 1. The molecule has 0 unspecified atom stereocenters. The Morgan fingerprint density at radius 3 is 2.62 bits per heavy atom. The molecule has 0 fully saturated rings. The van der Waals surface area contributed by atoms with Crippen LogP contribution in [0.15, 0.2) is 48.7 Å². The fourth-order valence-electron chi connectivity index (χ4n) is 2.55. The van der Waals surface area contributed by atoms with E-state index in [0.29, 0.717) is 11.0 Å². The minimum Gasteiger partial charge on any atom is -0.324 e. The van der Waals surface area contributed by atoms with Gasteiger partial charge in [-0.3, -0.25) is 4.79 Å². The van der Waals surface area contributed by atoms with Crippen LogP contribution in [-0.4, -0.2) is 15.9 Å². The topological polar surface area (TPSA) is 66.9 Å². The number of amides is 1. The third kappa shape index (κ3) is 4.00. The smallest absolute Gasteiger partial charge is 0.274 e. The molecule has 6 heteroatoms. The Bertz CT molecular complexity index is 972. The lowest BCUT2D eigenvalue weighted by atomic mass is 10.1. The van der Waals surface area contributed by atoms with E-state index in [1.165, 1.54) is 0 Å². The van der Waals surface area contributed by atoms with Gasteiger partial charge in [0, 0.05) is 22.6 Å². The van der Waals surface area contributed by atoms with E-state index in [4.69, 9.17) is 11.6 Å². The molecule has 0 aliphatic heterocycles. The summed E-state index contributed by atoms with van der Waals surface area (Å²) in [5.74, 6) is 0.0499. The Morgan fingerprint density at radius 1 is 1.04 bits per heavy atom. The van der Waals surface area contributed by atoms with Crippen LogP contribution in [0.3, 0.4) is 0 Å². The molecule has 5 nitrogen and oxygen atoms in total. The molecule has 132 valence electrons. The molecule has 26 heavy (non-hydrogen) atoms. The predicted molar refractivity (Wildman–Crippen MR) is 105 cm³/mol. The lowest BCUT2D eigenvalue weighted by Crippen LogP contribution is -2.15. The first-order chi connectivity index (χ1) is 12.4. The summed E-state index contributed by atoms with van der Waals surface area (Å²) in [7, 11) is 0. The fraction of sp³-hybridized carbons (Fsp3) is 0.150. The van der Waals surface area contributed by atoms with Crippen LogP contribution < -0.4 is 10.6 Å². The van der Waals surface area contributed by atoms with Crippen LogP contribution in [0.4, 0.5) is 17.3 Å². The summed E-state index contributed by atoms with van der Waals surface area (Å²) >= 11 is 6.13. The number of hydrogen-bond acceptors (Lipinski definition) is 4. The van der Waals surface area contributed by atoms with Gasteiger partial charge in [0.15, 0.2) is 0 Å². The Balaban J connectivity index is 1.80. The molecule has 0 saturated heterocycles. The maximum Gasteiger partial charge on any atom is 0.274 e. The molecule has 3 rings (SSSR count). The van der Waals surface area contributed by atoms with E-state index >= 15 is 0 Å². The van der Waals surface area contributed by atoms with Crippen molar-refractivity contribution in [1.82, 2.24) is 9.97 Å². The minimum atomic E-state index is -0.287. The standard InChI is InChI=1S/C20H19ClN4O/c1-12-7-8-16(13(2)11-12)23-19(26)18-9-10-22-20(25-18)24-17-6-4-5-15(21)14(17)3/h4-11H,1-3H3,(H,23,26)(H,22,24,25). The zero-order chi connectivity index (χ0) is 18.7. The molecule has 1 heterocycles. The van der Waals surface area contributed by atoms with Gasteiger partial charge >= 0.3 is 0 Å². The molecule has 1 aromatic heterocycles. The second-order valence-corrected chi connectivity index (χ2v) is 6.48. The van der Waals surface area contributed by atoms with Crippen molar-refractivity contribution in [2.75, 3.05) is 10.6 Å². The number of hydrogen-bond donors (Lipinski definition) is 2. The number of aryl methyl sites for hydroxylation is 2. The first-order valence-electron chi connectivity index (χ1n) is 8.18. The van der Waals surface area contributed by atoms with Crippen LogP contribution in [0.5, 0.6) is 0 Å². The SMILES string of the molecule is Cc1ccc(NC(=O)c2ccnc(Nc3cccc(Cl)c3C)n2)c(C)c1. The van der Waals surface area contributed by atoms with Crippen molar-refractivity contribution in [2.24, 2.45) is 0 Å². The summed E-state index contributed by atoms with van der Waals surface area (Å²) < 4.78 is 0. The zero-order valence-electron chi connectivity index (χ0n) is 14.8. The predicted octanol–water partition coefficient (Wildman–Crippen LogP) is 5.05. The van der Waals surface area contributed by atoms with Crippen molar-refractivity contribution in [3.63, 3.8) is 0 Å². The molecule has 0 aliphatic rings. The van der Waals surface area contributed by atoms with E-state index in [0.717, 1.165) is 28.1 Å². The molecule has 3 aromatic rings. The number of anilines is 3. The second-order valence-electron chi connectivity index (χ2n) is 6.08. The Kier molecular flexibility index (Phi) is 5.19. The molecular weight excluding hydrogens is 348 g/mol. The average Bonchev–Trinajstić information content (AvgIpc) is 2.61. The van der Waals surface area contributed by atoms with Gasteiger partial charge in [0.05, 0.1) is 0 Å². The number of benzene rings is 2. The third-order valence-electron chi connectivity index (χ3n) is 4.03. The Hall–Kier alpha value is -2.92. The van der Waals surface area contributed by atoms with Gasteiger partial charge in [-0.1, -0.05) is 35.4 Å². The maximum absolute atomic E-state index is 12.5. The van der Waals surface area contributed by atoms with Crippen molar-refractivity contribution >= 4 is 34.8 Å². The maximum atomic E-state index is 12.5. The van der Waals surface area contributed by atoms with Crippen LogP contribution in [0, 0.1) is 20.8 Å². The van der Waals surface area contributed by atoms with Crippen LogP contribution in [-0.2, 0) is 0 Å². The van der Waals surface area contributed by atoms with Crippen LogP contribution >= 0.6 is 11.6 Å². The number of nitrogens with zero attached hydrogens (tertiary/aromatic N) is 2. The van der Waals surface area contributed by atoms with E-state index in [-0.39, 0.29) is 11.6 Å². The normalized spacial score (nSPS) is 10.5.